The van der Waals surface area contributed by atoms with E-state index in [0.717, 1.165) is 31.7 Å². The largest absolute Gasteiger partial charge is 0.492 e. The van der Waals surface area contributed by atoms with Crippen molar-refractivity contribution in [3.63, 3.8) is 0 Å². The number of hydrogen-bond donors (Lipinski definition) is 0. The van der Waals surface area contributed by atoms with E-state index in [-0.39, 0.29) is 12.0 Å². The van der Waals surface area contributed by atoms with Gasteiger partial charge in [0.1, 0.15) is 18.4 Å². The molecule has 0 bridgehead atoms. The molecule has 110 valence electrons. The molecule has 0 saturated carbocycles. The monoisotopic (exact) mass is 297 g/mol. The molecule has 1 aliphatic heterocycles. The predicted octanol–water partition coefficient (Wildman–Crippen LogP) is 2.75. The molecule has 1 atom stereocenters. The maximum Gasteiger partial charge on any atom is 0.323 e. The van der Waals surface area contributed by atoms with Gasteiger partial charge in [-0.15, -0.1) is 0 Å². The quantitative estimate of drug-likeness (QED) is 0.757. The van der Waals surface area contributed by atoms with Crippen LogP contribution >= 0.6 is 11.6 Å². The highest BCUT2D eigenvalue weighted by molar-refractivity contribution is 6.30. The molecule has 5 heteroatoms. The van der Waals surface area contributed by atoms with E-state index in [1.807, 2.05) is 25.1 Å². The molecule has 1 fully saturated rings. The van der Waals surface area contributed by atoms with Crippen LogP contribution < -0.4 is 4.74 Å². The van der Waals surface area contributed by atoms with Crippen LogP contribution in [0.1, 0.15) is 19.8 Å². The van der Waals surface area contributed by atoms with Crippen LogP contribution in [0.15, 0.2) is 24.3 Å². The maximum atomic E-state index is 11.8. The van der Waals surface area contributed by atoms with Gasteiger partial charge in [-0.3, -0.25) is 9.69 Å². The average molecular weight is 298 g/mol. The van der Waals surface area contributed by atoms with Crippen molar-refractivity contribution in [1.82, 2.24) is 4.90 Å². The zero-order chi connectivity index (χ0) is 14.4. The van der Waals surface area contributed by atoms with Crippen molar-refractivity contribution in [1.29, 1.82) is 0 Å². The first kappa shape index (κ1) is 15.1. The minimum Gasteiger partial charge on any atom is -0.492 e. The second kappa shape index (κ2) is 7.50. The SMILES string of the molecule is CCOC(=O)C1CCCN1CCOc1cccc(Cl)c1. The van der Waals surface area contributed by atoms with Crippen LogP contribution in [0.3, 0.4) is 0 Å². The van der Waals surface area contributed by atoms with Crippen LogP contribution in [-0.4, -0.2) is 43.2 Å². The van der Waals surface area contributed by atoms with Gasteiger partial charge in [0.05, 0.1) is 6.61 Å². The summed E-state index contributed by atoms with van der Waals surface area (Å²) in [6, 6.07) is 7.21. The molecular weight excluding hydrogens is 278 g/mol. The van der Waals surface area contributed by atoms with Crippen molar-refractivity contribution in [2.75, 3.05) is 26.3 Å². The number of rotatable bonds is 6. The van der Waals surface area contributed by atoms with Gasteiger partial charge >= 0.3 is 5.97 Å². The summed E-state index contributed by atoms with van der Waals surface area (Å²) in [5.41, 5.74) is 0. The Morgan fingerprint density at radius 2 is 2.35 bits per heavy atom. The lowest BCUT2D eigenvalue weighted by atomic mass is 10.2. The van der Waals surface area contributed by atoms with Gasteiger partial charge in [-0.1, -0.05) is 17.7 Å². The van der Waals surface area contributed by atoms with E-state index in [1.165, 1.54) is 0 Å². The molecule has 1 heterocycles. The molecule has 1 aliphatic rings. The Balaban J connectivity index is 1.79. The third-order valence-corrected chi connectivity index (χ3v) is 3.60. The molecule has 1 aromatic rings. The smallest absolute Gasteiger partial charge is 0.323 e. The molecule has 1 saturated heterocycles. The van der Waals surface area contributed by atoms with Gasteiger partial charge in [-0.25, -0.2) is 0 Å². The van der Waals surface area contributed by atoms with Gasteiger partial charge in [0.15, 0.2) is 0 Å². The number of likely N-dealkylation sites (tertiary alicyclic amines) is 1. The Morgan fingerprint density at radius 1 is 1.50 bits per heavy atom. The van der Waals surface area contributed by atoms with Crippen LogP contribution in [-0.2, 0) is 9.53 Å². The minimum atomic E-state index is -0.118. The first-order valence-corrected chi connectivity index (χ1v) is 7.37. The lowest BCUT2D eigenvalue weighted by Gasteiger charge is -2.22. The summed E-state index contributed by atoms with van der Waals surface area (Å²) >= 11 is 5.90. The molecule has 2 rings (SSSR count). The van der Waals surface area contributed by atoms with E-state index in [0.29, 0.717) is 18.2 Å². The number of esters is 1. The standard InChI is InChI=1S/C15H20ClNO3/c1-2-19-15(18)14-7-4-8-17(14)9-10-20-13-6-3-5-12(16)11-13/h3,5-6,11,14H,2,4,7-10H2,1H3. The molecular formula is C15H20ClNO3. The van der Waals surface area contributed by atoms with E-state index >= 15 is 0 Å². The molecule has 1 unspecified atom stereocenters. The lowest BCUT2D eigenvalue weighted by Crippen LogP contribution is -2.39. The maximum absolute atomic E-state index is 11.8. The van der Waals surface area contributed by atoms with Gasteiger partial charge in [0.2, 0.25) is 0 Å². The highest BCUT2D eigenvalue weighted by Crippen LogP contribution is 2.19. The molecule has 0 aromatic heterocycles. The third kappa shape index (κ3) is 4.12. The van der Waals surface area contributed by atoms with E-state index in [4.69, 9.17) is 21.1 Å². The molecule has 20 heavy (non-hydrogen) atoms. The highest BCUT2D eigenvalue weighted by Gasteiger charge is 2.31. The van der Waals surface area contributed by atoms with Crippen molar-refractivity contribution >= 4 is 17.6 Å². The van der Waals surface area contributed by atoms with Gasteiger partial charge in [-0.05, 0) is 44.5 Å². The Morgan fingerprint density at radius 3 is 3.10 bits per heavy atom. The Labute approximate surface area is 124 Å². The lowest BCUT2D eigenvalue weighted by molar-refractivity contribution is -0.148. The normalized spacial score (nSPS) is 19.0. The van der Waals surface area contributed by atoms with Crippen LogP contribution in [0.2, 0.25) is 5.02 Å². The minimum absolute atomic E-state index is 0.113. The zero-order valence-corrected chi connectivity index (χ0v) is 12.4. The van der Waals surface area contributed by atoms with Gasteiger partial charge < -0.3 is 9.47 Å². The number of benzene rings is 1. The summed E-state index contributed by atoms with van der Waals surface area (Å²) in [5, 5.41) is 0.660. The Bertz CT molecular complexity index is 452. The van der Waals surface area contributed by atoms with E-state index in [9.17, 15) is 4.79 Å². The van der Waals surface area contributed by atoms with Crippen molar-refractivity contribution in [3.05, 3.63) is 29.3 Å². The van der Waals surface area contributed by atoms with Crippen LogP contribution in [0, 0.1) is 0 Å². The van der Waals surface area contributed by atoms with Crippen molar-refractivity contribution in [2.24, 2.45) is 0 Å². The summed E-state index contributed by atoms with van der Waals surface area (Å²) in [5.74, 6) is 0.636. The van der Waals surface area contributed by atoms with Gasteiger partial charge in [0, 0.05) is 11.6 Å². The third-order valence-electron chi connectivity index (χ3n) is 3.37. The molecule has 0 N–H and O–H groups in total. The van der Waals surface area contributed by atoms with Crippen molar-refractivity contribution < 1.29 is 14.3 Å². The summed E-state index contributed by atoms with van der Waals surface area (Å²) in [6.45, 7) is 4.44. The number of nitrogens with zero attached hydrogens (tertiary/aromatic N) is 1. The van der Waals surface area contributed by atoms with Crippen molar-refractivity contribution in [3.8, 4) is 5.75 Å². The fourth-order valence-electron chi connectivity index (χ4n) is 2.44. The molecule has 4 nitrogen and oxygen atoms in total. The summed E-state index contributed by atoms with van der Waals surface area (Å²) in [6.07, 6.45) is 1.90. The molecule has 1 aromatic carbocycles. The molecule has 0 aliphatic carbocycles. The number of halogens is 1. The second-order valence-electron chi connectivity index (χ2n) is 4.75. The Kier molecular flexibility index (Phi) is 5.68. The van der Waals surface area contributed by atoms with Crippen LogP contribution in [0.25, 0.3) is 0 Å². The van der Waals surface area contributed by atoms with Crippen LogP contribution in [0.4, 0.5) is 0 Å². The molecule has 0 radical (unpaired) electrons. The van der Waals surface area contributed by atoms with Crippen LogP contribution in [0.5, 0.6) is 5.75 Å². The molecule has 0 amide bonds. The highest BCUT2D eigenvalue weighted by atomic mass is 35.5. The topological polar surface area (TPSA) is 38.8 Å². The second-order valence-corrected chi connectivity index (χ2v) is 5.19. The van der Waals surface area contributed by atoms with E-state index in [1.54, 1.807) is 6.07 Å². The average Bonchev–Trinajstić information content (AvgIpc) is 2.87. The Hall–Kier alpha value is -1.26. The summed E-state index contributed by atoms with van der Waals surface area (Å²) in [7, 11) is 0. The number of hydrogen-bond acceptors (Lipinski definition) is 4. The fourth-order valence-corrected chi connectivity index (χ4v) is 2.62. The summed E-state index contributed by atoms with van der Waals surface area (Å²) in [4.78, 5) is 13.9. The van der Waals surface area contributed by atoms with Crippen molar-refractivity contribution in [2.45, 2.75) is 25.8 Å². The van der Waals surface area contributed by atoms with E-state index < -0.39 is 0 Å². The first-order valence-electron chi connectivity index (χ1n) is 6.99. The number of ether oxygens (including phenoxy) is 2. The van der Waals surface area contributed by atoms with Gasteiger partial charge in [-0.2, -0.15) is 0 Å². The number of carbonyl (C=O) groups excluding carboxylic acids is 1. The predicted molar refractivity (Wildman–Crippen MR) is 78.2 cm³/mol. The number of carbonyl (C=O) groups is 1. The summed E-state index contributed by atoms with van der Waals surface area (Å²) < 4.78 is 10.8. The first-order chi connectivity index (χ1) is 9.70. The molecule has 0 spiro atoms. The van der Waals surface area contributed by atoms with E-state index in [2.05, 4.69) is 4.90 Å². The van der Waals surface area contributed by atoms with Gasteiger partial charge in [0.25, 0.3) is 0 Å². The zero-order valence-electron chi connectivity index (χ0n) is 11.7. The fraction of sp³-hybridized carbons (Fsp3) is 0.533.